The molecule has 3 nitrogen and oxygen atoms in total. The first-order chi connectivity index (χ1) is 10.1. The summed E-state index contributed by atoms with van der Waals surface area (Å²) < 4.78 is 0. The zero-order valence-electron chi connectivity index (χ0n) is 11.6. The molecular formula is C17H15N3S. The van der Waals surface area contributed by atoms with E-state index >= 15 is 0 Å². The Hall–Kier alpha value is -2.33. The number of nitrogens with zero attached hydrogens (tertiary/aromatic N) is 1. The molecule has 0 bridgehead atoms. The van der Waals surface area contributed by atoms with Crippen LogP contribution in [0.3, 0.4) is 0 Å². The average Bonchev–Trinajstić information content (AvgIpc) is 2.48. The van der Waals surface area contributed by atoms with E-state index in [1.165, 1.54) is 17.3 Å². The van der Waals surface area contributed by atoms with Gasteiger partial charge in [-0.15, -0.1) is 0 Å². The van der Waals surface area contributed by atoms with Crippen molar-refractivity contribution in [2.75, 3.05) is 0 Å². The molecule has 0 fully saturated rings. The number of pyridine rings is 1. The largest absolute Gasteiger partial charge is 0.384 e. The van der Waals surface area contributed by atoms with Gasteiger partial charge in [-0.1, -0.05) is 47.7 Å². The van der Waals surface area contributed by atoms with Crippen LogP contribution in [0, 0.1) is 12.3 Å². The Morgan fingerprint density at radius 2 is 1.81 bits per heavy atom. The number of nitrogens with two attached hydrogens (primary N) is 1. The molecular weight excluding hydrogens is 278 g/mol. The van der Waals surface area contributed by atoms with Crippen LogP contribution in [0.1, 0.15) is 11.1 Å². The van der Waals surface area contributed by atoms with Crippen molar-refractivity contribution >= 4 is 28.5 Å². The van der Waals surface area contributed by atoms with Crippen molar-refractivity contribution in [3.63, 3.8) is 0 Å². The monoisotopic (exact) mass is 293 g/mol. The number of hydrogen-bond donors (Lipinski definition) is 2. The van der Waals surface area contributed by atoms with E-state index in [2.05, 4.69) is 36.2 Å². The summed E-state index contributed by atoms with van der Waals surface area (Å²) in [6.45, 7) is 2.06. The molecule has 0 saturated carbocycles. The topological polar surface area (TPSA) is 62.8 Å². The molecule has 0 unspecified atom stereocenters. The van der Waals surface area contributed by atoms with Crippen molar-refractivity contribution in [3.05, 3.63) is 65.7 Å². The molecule has 0 aliphatic rings. The molecule has 0 atom stereocenters. The smallest absolute Gasteiger partial charge is 0.125 e. The Balaban J connectivity index is 2.09. The van der Waals surface area contributed by atoms with E-state index in [1.54, 1.807) is 0 Å². The Morgan fingerprint density at radius 1 is 1.10 bits per heavy atom. The highest BCUT2D eigenvalue weighted by molar-refractivity contribution is 7.99. The lowest BCUT2D eigenvalue weighted by Crippen LogP contribution is -2.13. The highest BCUT2D eigenvalue weighted by Gasteiger charge is 2.11. The SMILES string of the molecule is Cc1ccc(Sc2nc3ccccc3cc2C(=N)N)cc1. The maximum Gasteiger partial charge on any atom is 0.125 e. The summed E-state index contributed by atoms with van der Waals surface area (Å²) >= 11 is 1.53. The minimum atomic E-state index is 0.0443. The van der Waals surface area contributed by atoms with Gasteiger partial charge in [-0.2, -0.15) is 0 Å². The number of nitrogens with one attached hydrogen (secondary N) is 1. The van der Waals surface area contributed by atoms with Gasteiger partial charge >= 0.3 is 0 Å². The van der Waals surface area contributed by atoms with Gasteiger partial charge in [0.25, 0.3) is 0 Å². The van der Waals surface area contributed by atoms with Crippen LogP contribution in [-0.4, -0.2) is 10.8 Å². The second-order valence-electron chi connectivity index (χ2n) is 4.86. The minimum Gasteiger partial charge on any atom is -0.384 e. The fourth-order valence-corrected chi connectivity index (χ4v) is 3.01. The summed E-state index contributed by atoms with van der Waals surface area (Å²) in [7, 11) is 0. The van der Waals surface area contributed by atoms with Crippen LogP contribution in [0.15, 0.2) is 64.5 Å². The third-order valence-corrected chi connectivity index (χ3v) is 4.23. The van der Waals surface area contributed by atoms with Gasteiger partial charge in [0.2, 0.25) is 0 Å². The number of benzene rings is 2. The standard InChI is InChI=1S/C17H15N3S/c1-11-6-8-13(9-7-11)21-17-14(16(18)19)10-12-4-2-3-5-15(12)20-17/h2-10H,1H3,(H3,18,19). The Labute approximate surface area is 127 Å². The molecule has 3 rings (SSSR count). The zero-order valence-corrected chi connectivity index (χ0v) is 12.4. The van der Waals surface area contributed by atoms with E-state index < -0.39 is 0 Å². The summed E-state index contributed by atoms with van der Waals surface area (Å²) in [6, 6.07) is 18.0. The van der Waals surface area contributed by atoms with Crippen molar-refractivity contribution < 1.29 is 0 Å². The second-order valence-corrected chi connectivity index (χ2v) is 5.92. The van der Waals surface area contributed by atoms with Crippen LogP contribution < -0.4 is 5.73 Å². The maximum atomic E-state index is 7.78. The Kier molecular flexibility index (Phi) is 3.62. The first-order valence-electron chi connectivity index (χ1n) is 6.62. The molecule has 0 aliphatic carbocycles. The maximum absolute atomic E-state index is 7.78. The fraction of sp³-hybridized carbons (Fsp3) is 0.0588. The quantitative estimate of drug-likeness (QED) is 0.567. The molecule has 0 saturated heterocycles. The molecule has 3 aromatic rings. The number of amidine groups is 1. The first kappa shape index (κ1) is 13.6. The number of aromatic nitrogens is 1. The Morgan fingerprint density at radius 3 is 2.52 bits per heavy atom. The lowest BCUT2D eigenvalue weighted by molar-refractivity contribution is 1.16. The van der Waals surface area contributed by atoms with Gasteiger partial charge in [-0.3, -0.25) is 5.41 Å². The van der Waals surface area contributed by atoms with Crippen LogP contribution >= 0.6 is 11.8 Å². The molecule has 0 spiro atoms. The summed E-state index contributed by atoms with van der Waals surface area (Å²) in [5.74, 6) is 0.0443. The highest BCUT2D eigenvalue weighted by Crippen LogP contribution is 2.31. The van der Waals surface area contributed by atoms with Crippen molar-refractivity contribution in [2.24, 2.45) is 5.73 Å². The number of para-hydroxylation sites is 1. The van der Waals surface area contributed by atoms with E-state index in [-0.39, 0.29) is 5.84 Å². The van der Waals surface area contributed by atoms with E-state index in [9.17, 15) is 0 Å². The molecule has 1 heterocycles. The zero-order chi connectivity index (χ0) is 14.8. The van der Waals surface area contributed by atoms with E-state index in [4.69, 9.17) is 11.1 Å². The van der Waals surface area contributed by atoms with Crippen molar-refractivity contribution in [1.29, 1.82) is 5.41 Å². The predicted molar refractivity (Wildman–Crippen MR) is 88.1 cm³/mol. The number of fused-ring (bicyclic) bond motifs is 1. The summed E-state index contributed by atoms with van der Waals surface area (Å²) in [5.41, 5.74) is 8.53. The number of rotatable bonds is 3. The highest BCUT2D eigenvalue weighted by atomic mass is 32.2. The van der Waals surface area contributed by atoms with Gasteiger partial charge in [0.15, 0.2) is 0 Å². The average molecular weight is 293 g/mol. The van der Waals surface area contributed by atoms with Gasteiger partial charge in [-0.25, -0.2) is 4.98 Å². The van der Waals surface area contributed by atoms with Crippen LogP contribution in [-0.2, 0) is 0 Å². The minimum absolute atomic E-state index is 0.0443. The molecule has 2 aromatic carbocycles. The van der Waals surface area contributed by atoms with Gasteiger partial charge in [0.05, 0.1) is 5.52 Å². The molecule has 3 N–H and O–H groups in total. The molecule has 21 heavy (non-hydrogen) atoms. The third kappa shape index (κ3) is 2.90. The van der Waals surface area contributed by atoms with E-state index in [0.717, 1.165) is 20.8 Å². The second kappa shape index (κ2) is 5.58. The van der Waals surface area contributed by atoms with Gasteiger partial charge < -0.3 is 5.73 Å². The molecule has 0 radical (unpaired) electrons. The summed E-state index contributed by atoms with van der Waals surface area (Å²) in [4.78, 5) is 5.75. The number of nitrogen functional groups attached to an aromatic ring is 1. The third-order valence-electron chi connectivity index (χ3n) is 3.21. The van der Waals surface area contributed by atoms with Gasteiger partial charge in [0.1, 0.15) is 10.9 Å². The van der Waals surface area contributed by atoms with Crippen LogP contribution in [0.4, 0.5) is 0 Å². The van der Waals surface area contributed by atoms with E-state index in [0.29, 0.717) is 5.56 Å². The molecule has 0 aliphatic heterocycles. The summed E-state index contributed by atoms with van der Waals surface area (Å²) in [5, 5.41) is 9.54. The molecule has 104 valence electrons. The Bertz CT molecular complexity index is 810. The van der Waals surface area contributed by atoms with Crippen LogP contribution in [0.2, 0.25) is 0 Å². The lowest BCUT2D eigenvalue weighted by atomic mass is 10.1. The fourth-order valence-electron chi connectivity index (χ4n) is 2.09. The first-order valence-corrected chi connectivity index (χ1v) is 7.44. The molecule has 4 heteroatoms. The summed E-state index contributed by atoms with van der Waals surface area (Å²) in [6.07, 6.45) is 0. The molecule has 0 amide bonds. The van der Waals surface area contributed by atoms with Crippen LogP contribution in [0.25, 0.3) is 10.9 Å². The predicted octanol–water partition coefficient (Wildman–Crippen LogP) is 3.98. The van der Waals surface area contributed by atoms with Crippen molar-refractivity contribution in [3.8, 4) is 0 Å². The van der Waals surface area contributed by atoms with Gasteiger partial charge in [-0.05, 0) is 31.2 Å². The lowest BCUT2D eigenvalue weighted by Gasteiger charge is -2.09. The number of hydrogen-bond acceptors (Lipinski definition) is 3. The van der Waals surface area contributed by atoms with Crippen LogP contribution in [0.5, 0.6) is 0 Å². The number of aryl methyl sites for hydroxylation is 1. The normalized spacial score (nSPS) is 10.7. The van der Waals surface area contributed by atoms with Gasteiger partial charge in [0, 0.05) is 15.8 Å². The molecule has 1 aromatic heterocycles. The van der Waals surface area contributed by atoms with Crippen molar-refractivity contribution in [2.45, 2.75) is 16.8 Å². The van der Waals surface area contributed by atoms with Crippen molar-refractivity contribution in [1.82, 2.24) is 4.98 Å². The van der Waals surface area contributed by atoms with E-state index in [1.807, 2.05) is 30.3 Å².